The molecule has 0 unspecified atom stereocenters. The summed E-state index contributed by atoms with van der Waals surface area (Å²) in [6.45, 7) is 6.18. The van der Waals surface area contributed by atoms with Crippen LogP contribution in [0.4, 0.5) is 19.0 Å². The van der Waals surface area contributed by atoms with Gasteiger partial charge in [-0.25, -0.2) is 4.98 Å². The Kier molecular flexibility index (Phi) is 6.13. The average Bonchev–Trinajstić information content (AvgIpc) is 3.20. The standard InChI is InChI=1S/C12H8F3N5.C7H15N/c13-12(14,15)8-3-1-7(2-4-8)10-19-18-9(16)11-17-5-6-20(10)11;1-2-8-6-4-3-5-7-8/h1-6H,(H2,16,18);2-7H2,1H3. The molecule has 3 aromatic rings. The van der Waals surface area contributed by atoms with Crippen molar-refractivity contribution in [2.24, 2.45) is 0 Å². The number of anilines is 1. The van der Waals surface area contributed by atoms with E-state index in [1.54, 1.807) is 10.6 Å². The maximum Gasteiger partial charge on any atom is 0.416 e. The molecule has 0 atom stereocenters. The van der Waals surface area contributed by atoms with Gasteiger partial charge in [-0.05, 0) is 44.6 Å². The SMILES string of the molecule is CCN1CCCCC1.Nc1nnc(-c2ccc(C(F)(F)F)cc2)n2ccnc12. The van der Waals surface area contributed by atoms with Crippen molar-refractivity contribution >= 4 is 11.5 Å². The number of aromatic nitrogens is 4. The Hall–Kier alpha value is -2.68. The van der Waals surface area contributed by atoms with E-state index in [9.17, 15) is 13.2 Å². The van der Waals surface area contributed by atoms with Crippen molar-refractivity contribution in [3.63, 3.8) is 0 Å². The highest BCUT2D eigenvalue weighted by Crippen LogP contribution is 2.30. The third-order valence-corrected chi connectivity index (χ3v) is 4.72. The third kappa shape index (κ3) is 4.59. The van der Waals surface area contributed by atoms with Crippen LogP contribution in [0.5, 0.6) is 0 Å². The number of benzene rings is 1. The monoisotopic (exact) mass is 392 g/mol. The molecule has 0 radical (unpaired) electrons. The van der Waals surface area contributed by atoms with Crippen molar-refractivity contribution in [3.05, 3.63) is 42.2 Å². The van der Waals surface area contributed by atoms with Crippen LogP contribution in [-0.4, -0.2) is 44.1 Å². The predicted octanol–water partition coefficient (Wildman–Crippen LogP) is 3.88. The number of hydrogen-bond acceptors (Lipinski definition) is 5. The van der Waals surface area contributed by atoms with E-state index >= 15 is 0 Å². The first kappa shape index (κ1) is 20.1. The van der Waals surface area contributed by atoms with Gasteiger partial charge >= 0.3 is 6.18 Å². The summed E-state index contributed by atoms with van der Waals surface area (Å²) in [5.74, 6) is 0.533. The second kappa shape index (κ2) is 8.55. The Morgan fingerprint density at radius 2 is 1.71 bits per heavy atom. The number of rotatable bonds is 2. The van der Waals surface area contributed by atoms with Gasteiger partial charge in [0.05, 0.1) is 5.56 Å². The van der Waals surface area contributed by atoms with Crippen molar-refractivity contribution < 1.29 is 13.2 Å². The van der Waals surface area contributed by atoms with Crippen LogP contribution in [0.15, 0.2) is 36.7 Å². The topological polar surface area (TPSA) is 72.3 Å². The lowest BCUT2D eigenvalue weighted by atomic mass is 10.1. The molecule has 0 spiro atoms. The molecule has 28 heavy (non-hydrogen) atoms. The minimum Gasteiger partial charge on any atom is -0.379 e. The Labute approximate surface area is 161 Å². The van der Waals surface area contributed by atoms with E-state index < -0.39 is 11.7 Å². The van der Waals surface area contributed by atoms with Crippen LogP contribution in [0, 0.1) is 0 Å². The molecule has 1 aliphatic heterocycles. The van der Waals surface area contributed by atoms with Crippen molar-refractivity contribution in [1.82, 2.24) is 24.5 Å². The van der Waals surface area contributed by atoms with Crippen LogP contribution >= 0.6 is 0 Å². The molecule has 1 fully saturated rings. The molecule has 6 nitrogen and oxygen atoms in total. The molecule has 0 aliphatic carbocycles. The Balaban J connectivity index is 0.000000236. The lowest BCUT2D eigenvalue weighted by Crippen LogP contribution is -2.29. The Bertz CT molecular complexity index is 898. The van der Waals surface area contributed by atoms with Gasteiger partial charge < -0.3 is 10.6 Å². The van der Waals surface area contributed by atoms with E-state index in [-0.39, 0.29) is 5.82 Å². The molecule has 2 aromatic heterocycles. The zero-order valence-electron chi connectivity index (χ0n) is 15.7. The fourth-order valence-corrected chi connectivity index (χ4v) is 3.14. The molecule has 1 aliphatic rings. The first-order valence-electron chi connectivity index (χ1n) is 9.25. The maximum absolute atomic E-state index is 12.5. The number of likely N-dealkylation sites (tertiary alicyclic amines) is 1. The summed E-state index contributed by atoms with van der Waals surface area (Å²) in [7, 11) is 0. The number of halogens is 3. The molecule has 0 saturated carbocycles. The Morgan fingerprint density at radius 1 is 1.04 bits per heavy atom. The lowest BCUT2D eigenvalue weighted by Gasteiger charge is -2.24. The van der Waals surface area contributed by atoms with Crippen LogP contribution in [0.25, 0.3) is 17.0 Å². The predicted molar refractivity (Wildman–Crippen MR) is 102 cm³/mol. The fourth-order valence-electron chi connectivity index (χ4n) is 3.14. The number of hydrogen-bond donors (Lipinski definition) is 1. The molecular formula is C19H23F3N6. The number of nitrogens with two attached hydrogens (primary N) is 1. The van der Waals surface area contributed by atoms with E-state index in [0.717, 1.165) is 12.1 Å². The number of alkyl halides is 3. The Morgan fingerprint density at radius 3 is 2.29 bits per heavy atom. The normalized spacial score (nSPS) is 15.3. The lowest BCUT2D eigenvalue weighted by molar-refractivity contribution is -0.137. The van der Waals surface area contributed by atoms with E-state index in [0.29, 0.717) is 17.0 Å². The van der Waals surface area contributed by atoms with Gasteiger partial charge in [0, 0.05) is 18.0 Å². The van der Waals surface area contributed by atoms with Gasteiger partial charge in [0.2, 0.25) is 0 Å². The second-order valence-corrected chi connectivity index (χ2v) is 6.60. The van der Waals surface area contributed by atoms with Crippen molar-refractivity contribution in [3.8, 4) is 11.4 Å². The number of imidazole rings is 1. The molecule has 150 valence electrons. The van der Waals surface area contributed by atoms with Gasteiger partial charge in [-0.15, -0.1) is 10.2 Å². The van der Waals surface area contributed by atoms with Crippen LogP contribution < -0.4 is 5.73 Å². The smallest absolute Gasteiger partial charge is 0.379 e. The number of fused-ring (bicyclic) bond motifs is 1. The number of piperidine rings is 1. The number of nitrogens with zero attached hydrogens (tertiary/aromatic N) is 5. The van der Waals surface area contributed by atoms with Gasteiger partial charge in [-0.2, -0.15) is 13.2 Å². The van der Waals surface area contributed by atoms with E-state index in [4.69, 9.17) is 5.73 Å². The van der Waals surface area contributed by atoms with Crippen molar-refractivity contribution in [1.29, 1.82) is 0 Å². The summed E-state index contributed by atoms with van der Waals surface area (Å²) >= 11 is 0. The van der Waals surface area contributed by atoms with E-state index in [1.807, 2.05) is 0 Å². The molecular weight excluding hydrogens is 369 g/mol. The van der Waals surface area contributed by atoms with Crippen LogP contribution in [0.3, 0.4) is 0 Å². The summed E-state index contributed by atoms with van der Waals surface area (Å²) in [5.41, 5.74) is 5.81. The third-order valence-electron chi connectivity index (χ3n) is 4.72. The maximum atomic E-state index is 12.5. The van der Waals surface area contributed by atoms with Gasteiger partial charge in [0.25, 0.3) is 0 Å². The van der Waals surface area contributed by atoms with E-state index in [2.05, 4.69) is 27.0 Å². The summed E-state index contributed by atoms with van der Waals surface area (Å²) < 4.78 is 39.1. The molecule has 2 N–H and O–H groups in total. The van der Waals surface area contributed by atoms with Gasteiger partial charge in [-0.3, -0.25) is 4.40 Å². The number of nitrogen functional groups attached to an aromatic ring is 1. The van der Waals surface area contributed by atoms with Gasteiger partial charge in [0.15, 0.2) is 17.3 Å². The summed E-state index contributed by atoms with van der Waals surface area (Å²) in [5, 5.41) is 7.66. The van der Waals surface area contributed by atoms with Crippen LogP contribution in [-0.2, 0) is 6.18 Å². The average molecular weight is 392 g/mol. The summed E-state index contributed by atoms with van der Waals surface area (Å²) in [6.07, 6.45) is 3.07. The first-order valence-corrected chi connectivity index (χ1v) is 9.25. The molecule has 1 saturated heterocycles. The van der Waals surface area contributed by atoms with Crippen molar-refractivity contribution in [2.45, 2.75) is 32.4 Å². The van der Waals surface area contributed by atoms with E-state index in [1.165, 1.54) is 57.2 Å². The quantitative estimate of drug-likeness (QED) is 0.716. The van der Waals surface area contributed by atoms with Crippen molar-refractivity contribution in [2.75, 3.05) is 25.4 Å². The minimum absolute atomic E-state index is 0.158. The highest BCUT2D eigenvalue weighted by molar-refractivity contribution is 5.65. The molecule has 0 bridgehead atoms. The molecule has 0 amide bonds. The fraction of sp³-hybridized carbons (Fsp3) is 0.421. The highest BCUT2D eigenvalue weighted by Gasteiger charge is 2.30. The second-order valence-electron chi connectivity index (χ2n) is 6.60. The molecule has 9 heteroatoms. The largest absolute Gasteiger partial charge is 0.416 e. The van der Waals surface area contributed by atoms with Crippen LogP contribution in [0.2, 0.25) is 0 Å². The first-order chi connectivity index (χ1) is 13.4. The zero-order chi connectivity index (χ0) is 20.1. The van der Waals surface area contributed by atoms with Gasteiger partial charge in [0.1, 0.15) is 0 Å². The molecule has 4 rings (SSSR count). The minimum atomic E-state index is -4.37. The zero-order valence-corrected chi connectivity index (χ0v) is 15.7. The molecule has 3 heterocycles. The summed E-state index contributed by atoms with van der Waals surface area (Å²) in [4.78, 5) is 6.53. The highest BCUT2D eigenvalue weighted by atomic mass is 19.4. The van der Waals surface area contributed by atoms with Gasteiger partial charge in [-0.1, -0.05) is 25.5 Å². The molecule has 1 aromatic carbocycles. The van der Waals surface area contributed by atoms with Crippen LogP contribution in [0.1, 0.15) is 31.7 Å². The summed E-state index contributed by atoms with van der Waals surface area (Å²) in [6, 6.07) is 4.66.